The molecule has 1 aromatic carbocycles. The average molecular weight is 237 g/mol. The van der Waals surface area contributed by atoms with Crippen molar-refractivity contribution in [2.24, 2.45) is 0 Å². The van der Waals surface area contributed by atoms with E-state index in [0.29, 0.717) is 18.1 Å². The Morgan fingerprint density at radius 2 is 2.00 bits per heavy atom. The number of amides is 1. The van der Waals surface area contributed by atoms with E-state index in [1.807, 2.05) is 12.1 Å². The van der Waals surface area contributed by atoms with E-state index in [2.05, 4.69) is 43.9 Å². The van der Waals surface area contributed by atoms with Gasteiger partial charge in [0.2, 0.25) is 5.91 Å². The number of rotatable bonds is 5. The lowest BCUT2D eigenvalue weighted by atomic mass is 9.99. The van der Waals surface area contributed by atoms with Crippen LogP contribution in [0.2, 0.25) is 0 Å². The lowest BCUT2D eigenvalue weighted by Crippen LogP contribution is -2.11. The molecule has 0 spiro atoms. The van der Waals surface area contributed by atoms with Gasteiger partial charge in [-0.05, 0) is 35.8 Å². The third-order valence-electron chi connectivity index (χ3n) is 2.71. The highest BCUT2D eigenvalue weighted by molar-refractivity contribution is 7.80. The van der Waals surface area contributed by atoms with Crippen LogP contribution in [0.5, 0.6) is 0 Å². The molecule has 0 heterocycles. The van der Waals surface area contributed by atoms with Crippen molar-refractivity contribution < 1.29 is 4.79 Å². The van der Waals surface area contributed by atoms with E-state index in [0.717, 1.165) is 12.1 Å². The van der Waals surface area contributed by atoms with Gasteiger partial charge in [0, 0.05) is 12.1 Å². The third kappa shape index (κ3) is 3.89. The third-order valence-corrected chi connectivity index (χ3v) is 2.94. The van der Waals surface area contributed by atoms with Gasteiger partial charge in [-0.1, -0.05) is 26.0 Å². The SMILES string of the molecule is CCC(C)c1ccc(NC(=O)CCS)cc1. The van der Waals surface area contributed by atoms with Gasteiger partial charge in [0.05, 0.1) is 0 Å². The Balaban J connectivity index is 2.61. The van der Waals surface area contributed by atoms with Crippen LogP contribution in [0.25, 0.3) is 0 Å². The molecule has 1 aromatic rings. The second kappa shape index (κ2) is 6.59. The maximum Gasteiger partial charge on any atom is 0.225 e. The normalized spacial score (nSPS) is 12.2. The molecule has 0 saturated heterocycles. The topological polar surface area (TPSA) is 29.1 Å². The molecule has 1 atom stereocenters. The zero-order chi connectivity index (χ0) is 12.0. The summed E-state index contributed by atoms with van der Waals surface area (Å²) in [6.07, 6.45) is 1.58. The monoisotopic (exact) mass is 237 g/mol. The minimum atomic E-state index is 0.0197. The van der Waals surface area contributed by atoms with Crippen molar-refractivity contribution in [3.63, 3.8) is 0 Å². The fourth-order valence-electron chi connectivity index (χ4n) is 1.46. The fourth-order valence-corrected chi connectivity index (χ4v) is 1.66. The van der Waals surface area contributed by atoms with Crippen LogP contribution >= 0.6 is 12.6 Å². The van der Waals surface area contributed by atoms with Crippen LogP contribution in [0.15, 0.2) is 24.3 Å². The Morgan fingerprint density at radius 3 is 2.50 bits per heavy atom. The number of hydrogen-bond acceptors (Lipinski definition) is 2. The van der Waals surface area contributed by atoms with Crippen molar-refractivity contribution in [2.75, 3.05) is 11.1 Å². The first kappa shape index (κ1) is 13.1. The lowest BCUT2D eigenvalue weighted by molar-refractivity contribution is -0.115. The number of benzene rings is 1. The smallest absolute Gasteiger partial charge is 0.225 e. The van der Waals surface area contributed by atoms with E-state index in [9.17, 15) is 4.79 Å². The summed E-state index contributed by atoms with van der Waals surface area (Å²) < 4.78 is 0. The first-order valence-corrected chi connectivity index (χ1v) is 6.31. The van der Waals surface area contributed by atoms with Crippen molar-refractivity contribution in [3.8, 4) is 0 Å². The van der Waals surface area contributed by atoms with Crippen molar-refractivity contribution in [1.82, 2.24) is 0 Å². The lowest BCUT2D eigenvalue weighted by Gasteiger charge is -2.10. The van der Waals surface area contributed by atoms with Crippen LogP contribution in [-0.2, 0) is 4.79 Å². The maximum atomic E-state index is 11.3. The number of anilines is 1. The van der Waals surface area contributed by atoms with Crippen LogP contribution in [0, 0.1) is 0 Å². The summed E-state index contributed by atoms with van der Waals surface area (Å²) in [5.41, 5.74) is 2.17. The molecule has 0 fully saturated rings. The van der Waals surface area contributed by atoms with Gasteiger partial charge < -0.3 is 5.32 Å². The van der Waals surface area contributed by atoms with E-state index >= 15 is 0 Å². The van der Waals surface area contributed by atoms with Crippen LogP contribution < -0.4 is 5.32 Å². The van der Waals surface area contributed by atoms with E-state index < -0.39 is 0 Å². The molecule has 1 unspecified atom stereocenters. The minimum Gasteiger partial charge on any atom is -0.326 e. The number of thiol groups is 1. The molecule has 0 aliphatic heterocycles. The number of hydrogen-bond donors (Lipinski definition) is 2. The van der Waals surface area contributed by atoms with Crippen LogP contribution in [0.1, 0.15) is 38.2 Å². The molecule has 0 aliphatic carbocycles. The molecule has 0 aromatic heterocycles. The predicted octanol–water partition coefficient (Wildman–Crippen LogP) is 3.46. The molecule has 88 valence electrons. The molecule has 1 amide bonds. The molecule has 16 heavy (non-hydrogen) atoms. The maximum absolute atomic E-state index is 11.3. The van der Waals surface area contributed by atoms with E-state index in [-0.39, 0.29) is 5.91 Å². The van der Waals surface area contributed by atoms with Gasteiger partial charge in [-0.25, -0.2) is 0 Å². The highest BCUT2D eigenvalue weighted by atomic mass is 32.1. The molecule has 3 heteroatoms. The summed E-state index contributed by atoms with van der Waals surface area (Å²) >= 11 is 4.02. The second-order valence-electron chi connectivity index (χ2n) is 3.95. The van der Waals surface area contributed by atoms with Gasteiger partial charge in [0.1, 0.15) is 0 Å². The number of carbonyl (C=O) groups excluding carboxylic acids is 1. The summed E-state index contributed by atoms with van der Waals surface area (Å²) in [5, 5.41) is 2.84. The highest BCUT2D eigenvalue weighted by Crippen LogP contribution is 2.20. The van der Waals surface area contributed by atoms with Gasteiger partial charge in [0.25, 0.3) is 0 Å². The van der Waals surface area contributed by atoms with Gasteiger partial charge in [-0.3, -0.25) is 4.79 Å². The molecule has 2 nitrogen and oxygen atoms in total. The zero-order valence-corrected chi connectivity index (χ0v) is 10.8. The molecule has 0 radical (unpaired) electrons. The van der Waals surface area contributed by atoms with E-state index in [4.69, 9.17) is 0 Å². The fraction of sp³-hybridized carbons (Fsp3) is 0.462. The Hall–Kier alpha value is -0.960. The number of nitrogens with one attached hydrogen (secondary N) is 1. The average Bonchev–Trinajstić information content (AvgIpc) is 2.29. The Kier molecular flexibility index (Phi) is 5.39. The molecule has 0 saturated carbocycles. The largest absolute Gasteiger partial charge is 0.326 e. The van der Waals surface area contributed by atoms with Crippen molar-refractivity contribution in [2.45, 2.75) is 32.6 Å². The summed E-state index contributed by atoms with van der Waals surface area (Å²) in [5.74, 6) is 1.17. The minimum absolute atomic E-state index is 0.0197. The van der Waals surface area contributed by atoms with Crippen molar-refractivity contribution >= 4 is 24.2 Å². The first-order valence-electron chi connectivity index (χ1n) is 5.68. The molecule has 0 aliphatic rings. The first-order chi connectivity index (χ1) is 7.67. The summed E-state index contributed by atoms with van der Waals surface area (Å²) in [4.78, 5) is 11.3. The van der Waals surface area contributed by atoms with E-state index in [1.54, 1.807) is 0 Å². The van der Waals surface area contributed by atoms with Crippen LogP contribution in [0.3, 0.4) is 0 Å². The summed E-state index contributed by atoms with van der Waals surface area (Å²) in [7, 11) is 0. The van der Waals surface area contributed by atoms with Crippen LogP contribution in [0.4, 0.5) is 5.69 Å². The molecule has 1 N–H and O–H groups in total. The van der Waals surface area contributed by atoms with Gasteiger partial charge in [-0.2, -0.15) is 12.6 Å². The highest BCUT2D eigenvalue weighted by Gasteiger charge is 2.04. The summed E-state index contributed by atoms with van der Waals surface area (Å²) in [6.45, 7) is 4.38. The summed E-state index contributed by atoms with van der Waals surface area (Å²) in [6, 6.07) is 8.06. The standard InChI is InChI=1S/C13H19NOS/c1-3-10(2)11-4-6-12(7-5-11)14-13(15)8-9-16/h4-7,10,16H,3,8-9H2,1-2H3,(H,14,15). The number of carbonyl (C=O) groups is 1. The Labute approximate surface area is 103 Å². The molecular weight excluding hydrogens is 218 g/mol. The van der Waals surface area contributed by atoms with Gasteiger partial charge in [0.15, 0.2) is 0 Å². The van der Waals surface area contributed by atoms with Gasteiger partial charge >= 0.3 is 0 Å². The molecule has 1 rings (SSSR count). The van der Waals surface area contributed by atoms with Crippen molar-refractivity contribution in [1.29, 1.82) is 0 Å². The Bertz CT molecular complexity index is 334. The van der Waals surface area contributed by atoms with Gasteiger partial charge in [-0.15, -0.1) is 0 Å². The quantitative estimate of drug-likeness (QED) is 0.754. The van der Waals surface area contributed by atoms with Crippen molar-refractivity contribution in [3.05, 3.63) is 29.8 Å². The molecule has 0 bridgehead atoms. The second-order valence-corrected chi connectivity index (χ2v) is 4.40. The Morgan fingerprint density at radius 1 is 1.38 bits per heavy atom. The predicted molar refractivity (Wildman–Crippen MR) is 72.2 cm³/mol. The molecular formula is C13H19NOS. The van der Waals surface area contributed by atoms with E-state index in [1.165, 1.54) is 5.56 Å². The zero-order valence-electron chi connectivity index (χ0n) is 9.86. The van der Waals surface area contributed by atoms with Crippen LogP contribution in [-0.4, -0.2) is 11.7 Å².